The maximum absolute atomic E-state index is 13.3. The van der Waals surface area contributed by atoms with Crippen molar-refractivity contribution in [3.8, 4) is 0 Å². The summed E-state index contributed by atoms with van der Waals surface area (Å²) in [6, 6.07) is 3.13. The molecule has 0 aliphatic heterocycles. The number of nitrogens with one attached hydrogen (secondary N) is 1. The lowest BCUT2D eigenvalue weighted by molar-refractivity contribution is -0.116. The van der Waals surface area contributed by atoms with E-state index in [1.165, 1.54) is 25.3 Å². The highest BCUT2D eigenvalue weighted by Gasteiger charge is 2.07. The molecule has 0 fully saturated rings. The molecule has 1 aromatic carbocycles. The van der Waals surface area contributed by atoms with Gasteiger partial charge in [-0.25, -0.2) is 8.78 Å². The maximum atomic E-state index is 13.3. The molecule has 0 saturated carbocycles. The highest BCUT2D eigenvalue weighted by atomic mass is 19.1. The van der Waals surface area contributed by atoms with E-state index in [4.69, 9.17) is 0 Å². The number of hydrogen-bond acceptors (Lipinski definition) is 1. The molecule has 0 aromatic heterocycles. The Labute approximate surface area is 113 Å². The number of hydrogen-bond donors (Lipinski definition) is 1. The van der Waals surface area contributed by atoms with Crippen LogP contribution in [0.1, 0.15) is 51.9 Å². The highest BCUT2D eigenvalue weighted by Crippen LogP contribution is 2.15. The molecule has 1 rings (SSSR count). The summed E-state index contributed by atoms with van der Waals surface area (Å²) in [5.41, 5.74) is 0.0392. The molecule has 1 N–H and O–H groups in total. The minimum absolute atomic E-state index is 0.0392. The number of carbonyl (C=O) groups is 1. The molecule has 0 unspecified atom stereocenters. The Morgan fingerprint density at radius 3 is 2.47 bits per heavy atom. The zero-order valence-electron chi connectivity index (χ0n) is 11.3. The number of benzene rings is 1. The van der Waals surface area contributed by atoms with Crippen molar-refractivity contribution in [2.45, 2.75) is 51.9 Å². The van der Waals surface area contributed by atoms with Gasteiger partial charge in [0.15, 0.2) is 0 Å². The van der Waals surface area contributed by atoms with Gasteiger partial charge in [0.2, 0.25) is 5.91 Å². The van der Waals surface area contributed by atoms with Crippen molar-refractivity contribution in [2.75, 3.05) is 5.32 Å². The predicted molar refractivity (Wildman–Crippen MR) is 73.0 cm³/mol. The molecule has 0 heterocycles. The minimum Gasteiger partial charge on any atom is -0.324 e. The van der Waals surface area contributed by atoms with Crippen molar-refractivity contribution >= 4 is 11.6 Å². The van der Waals surface area contributed by atoms with E-state index in [2.05, 4.69) is 12.2 Å². The molecule has 0 radical (unpaired) electrons. The second-order valence-corrected chi connectivity index (χ2v) is 4.69. The molecule has 0 saturated heterocycles. The molecule has 4 heteroatoms. The van der Waals surface area contributed by atoms with Crippen LogP contribution in [0.3, 0.4) is 0 Å². The Morgan fingerprint density at radius 1 is 1.11 bits per heavy atom. The van der Waals surface area contributed by atoms with Crippen molar-refractivity contribution in [3.63, 3.8) is 0 Å². The van der Waals surface area contributed by atoms with Crippen molar-refractivity contribution in [1.82, 2.24) is 0 Å². The lowest BCUT2D eigenvalue weighted by Crippen LogP contribution is -2.12. The van der Waals surface area contributed by atoms with E-state index in [0.29, 0.717) is 6.42 Å². The normalized spacial score (nSPS) is 10.5. The number of unbranched alkanes of at least 4 members (excludes halogenated alkanes) is 5. The van der Waals surface area contributed by atoms with Gasteiger partial charge in [-0.2, -0.15) is 0 Å². The standard InChI is InChI=1S/C15H21F2NO/c1-2-3-4-5-6-7-8-15(19)18-14-10-9-12(16)11-13(14)17/h9-11H,2-8H2,1H3,(H,18,19). The molecule has 1 amide bonds. The second kappa shape index (κ2) is 8.62. The first kappa shape index (κ1) is 15.6. The van der Waals surface area contributed by atoms with Crippen LogP contribution in [0.25, 0.3) is 0 Å². The number of amides is 1. The third-order valence-corrected chi connectivity index (χ3v) is 2.96. The van der Waals surface area contributed by atoms with Crippen molar-refractivity contribution in [2.24, 2.45) is 0 Å². The van der Waals surface area contributed by atoms with Crippen molar-refractivity contribution in [1.29, 1.82) is 0 Å². The highest BCUT2D eigenvalue weighted by molar-refractivity contribution is 5.90. The molecule has 0 aliphatic carbocycles. The van der Waals surface area contributed by atoms with Crippen LogP contribution in [0.2, 0.25) is 0 Å². The largest absolute Gasteiger partial charge is 0.324 e. The van der Waals surface area contributed by atoms with Gasteiger partial charge in [0.05, 0.1) is 5.69 Å². The molecule has 2 nitrogen and oxygen atoms in total. The second-order valence-electron chi connectivity index (χ2n) is 4.69. The molecular formula is C15H21F2NO. The van der Waals surface area contributed by atoms with Crippen LogP contribution in [0.15, 0.2) is 18.2 Å². The summed E-state index contributed by atoms with van der Waals surface area (Å²) in [6.07, 6.45) is 6.95. The zero-order chi connectivity index (χ0) is 14.1. The van der Waals surface area contributed by atoms with Gasteiger partial charge in [0.1, 0.15) is 11.6 Å². The summed E-state index contributed by atoms with van der Waals surface area (Å²) in [5, 5.41) is 2.46. The number of rotatable bonds is 8. The maximum Gasteiger partial charge on any atom is 0.224 e. The zero-order valence-corrected chi connectivity index (χ0v) is 11.3. The number of halogens is 2. The van der Waals surface area contributed by atoms with E-state index in [-0.39, 0.29) is 11.6 Å². The van der Waals surface area contributed by atoms with E-state index >= 15 is 0 Å². The predicted octanol–water partition coefficient (Wildman–Crippen LogP) is 4.65. The van der Waals surface area contributed by atoms with E-state index in [9.17, 15) is 13.6 Å². The summed E-state index contributed by atoms with van der Waals surface area (Å²) in [5.74, 6) is -1.61. The first-order chi connectivity index (χ1) is 9.13. The third kappa shape index (κ3) is 6.32. The van der Waals surface area contributed by atoms with Crippen LogP contribution in [-0.4, -0.2) is 5.91 Å². The van der Waals surface area contributed by atoms with Gasteiger partial charge in [0, 0.05) is 12.5 Å². The quantitative estimate of drug-likeness (QED) is 0.683. The summed E-state index contributed by atoms with van der Waals surface area (Å²) in [7, 11) is 0. The Hall–Kier alpha value is -1.45. The van der Waals surface area contributed by atoms with Crippen LogP contribution in [-0.2, 0) is 4.79 Å². The molecule has 0 spiro atoms. The molecular weight excluding hydrogens is 248 g/mol. The summed E-state index contributed by atoms with van der Waals surface area (Å²) in [4.78, 5) is 11.6. The molecule has 106 valence electrons. The van der Waals surface area contributed by atoms with E-state index in [1.54, 1.807) is 0 Å². The van der Waals surface area contributed by atoms with Gasteiger partial charge in [0.25, 0.3) is 0 Å². The van der Waals surface area contributed by atoms with Crippen LogP contribution in [0.5, 0.6) is 0 Å². The lowest BCUT2D eigenvalue weighted by Gasteiger charge is -2.06. The first-order valence-corrected chi connectivity index (χ1v) is 6.88. The van der Waals surface area contributed by atoms with Crippen LogP contribution in [0, 0.1) is 11.6 Å². The van der Waals surface area contributed by atoms with E-state index < -0.39 is 11.6 Å². The van der Waals surface area contributed by atoms with Gasteiger partial charge in [-0.1, -0.05) is 39.0 Å². The Morgan fingerprint density at radius 2 is 1.79 bits per heavy atom. The van der Waals surface area contributed by atoms with Gasteiger partial charge in [-0.15, -0.1) is 0 Å². The summed E-state index contributed by atoms with van der Waals surface area (Å²) >= 11 is 0. The lowest BCUT2D eigenvalue weighted by atomic mass is 10.1. The van der Waals surface area contributed by atoms with Gasteiger partial charge in [-0.05, 0) is 18.6 Å². The van der Waals surface area contributed by atoms with Crippen molar-refractivity contribution in [3.05, 3.63) is 29.8 Å². The Bertz CT molecular complexity index is 407. The monoisotopic (exact) mass is 269 g/mol. The van der Waals surface area contributed by atoms with E-state index in [1.807, 2.05) is 0 Å². The average Bonchev–Trinajstić information content (AvgIpc) is 2.37. The topological polar surface area (TPSA) is 29.1 Å². The molecule has 1 aromatic rings. The van der Waals surface area contributed by atoms with Gasteiger partial charge < -0.3 is 5.32 Å². The SMILES string of the molecule is CCCCCCCCC(=O)Nc1ccc(F)cc1F. The molecule has 0 atom stereocenters. The smallest absolute Gasteiger partial charge is 0.224 e. The summed E-state index contributed by atoms with van der Waals surface area (Å²) < 4.78 is 26.0. The van der Waals surface area contributed by atoms with Gasteiger partial charge >= 0.3 is 0 Å². The fourth-order valence-corrected chi connectivity index (χ4v) is 1.87. The first-order valence-electron chi connectivity index (χ1n) is 6.88. The minimum atomic E-state index is -0.740. The molecule has 19 heavy (non-hydrogen) atoms. The van der Waals surface area contributed by atoms with Crippen LogP contribution < -0.4 is 5.32 Å². The number of carbonyl (C=O) groups excluding carboxylic acids is 1. The fourth-order valence-electron chi connectivity index (χ4n) is 1.87. The number of anilines is 1. The Kier molecular flexibility index (Phi) is 7.08. The summed E-state index contributed by atoms with van der Waals surface area (Å²) in [6.45, 7) is 2.16. The molecule has 0 aliphatic rings. The Balaban J connectivity index is 2.23. The van der Waals surface area contributed by atoms with Gasteiger partial charge in [-0.3, -0.25) is 4.79 Å². The fraction of sp³-hybridized carbons (Fsp3) is 0.533. The van der Waals surface area contributed by atoms with Crippen LogP contribution >= 0.6 is 0 Å². The van der Waals surface area contributed by atoms with Crippen molar-refractivity contribution < 1.29 is 13.6 Å². The molecule has 0 bridgehead atoms. The van der Waals surface area contributed by atoms with Crippen LogP contribution in [0.4, 0.5) is 14.5 Å². The average molecular weight is 269 g/mol. The van der Waals surface area contributed by atoms with E-state index in [0.717, 1.165) is 31.4 Å². The third-order valence-electron chi connectivity index (χ3n) is 2.96.